The molecule has 3 heteroatoms. The van der Waals surface area contributed by atoms with E-state index < -0.39 is 0 Å². The normalized spacial score (nSPS) is 15.5. The van der Waals surface area contributed by atoms with Gasteiger partial charge in [0.2, 0.25) is 0 Å². The second-order valence-electron chi connectivity index (χ2n) is 10.6. The molecular formula is C30H60O3. The maximum absolute atomic E-state index is 6.09. The average Bonchev–Trinajstić information content (AvgIpc) is 3.29. The molecular weight excluding hydrogens is 408 g/mol. The summed E-state index contributed by atoms with van der Waals surface area (Å²) in [7, 11) is 0. The van der Waals surface area contributed by atoms with Crippen molar-refractivity contribution in [1.29, 1.82) is 0 Å². The molecule has 1 aliphatic heterocycles. The predicted molar refractivity (Wildman–Crippen MR) is 143 cm³/mol. The topological polar surface area (TPSA) is 27.7 Å². The highest BCUT2D eigenvalue weighted by Crippen LogP contribution is 2.27. The van der Waals surface area contributed by atoms with Gasteiger partial charge in [-0.1, -0.05) is 129 Å². The van der Waals surface area contributed by atoms with Gasteiger partial charge in [-0.15, -0.1) is 0 Å². The Balaban J connectivity index is 1.91. The van der Waals surface area contributed by atoms with Gasteiger partial charge in [0.15, 0.2) is 0 Å². The van der Waals surface area contributed by atoms with Crippen molar-refractivity contribution in [1.82, 2.24) is 0 Å². The molecule has 0 atom stereocenters. The van der Waals surface area contributed by atoms with E-state index in [1.807, 2.05) is 0 Å². The van der Waals surface area contributed by atoms with Gasteiger partial charge in [-0.25, -0.2) is 0 Å². The molecule has 0 aromatic rings. The van der Waals surface area contributed by atoms with Crippen LogP contribution in [-0.2, 0) is 14.2 Å². The fourth-order valence-electron chi connectivity index (χ4n) is 4.92. The molecule has 0 radical (unpaired) electrons. The maximum atomic E-state index is 6.09. The molecule has 0 amide bonds. The molecule has 198 valence electrons. The second-order valence-corrected chi connectivity index (χ2v) is 10.6. The molecule has 1 aliphatic rings. The third-order valence-corrected chi connectivity index (χ3v) is 7.20. The van der Waals surface area contributed by atoms with Crippen LogP contribution in [0.25, 0.3) is 0 Å². The summed E-state index contributed by atoms with van der Waals surface area (Å²) in [6.45, 7) is 8.61. The molecule has 0 saturated carbocycles. The average molecular weight is 469 g/mol. The van der Waals surface area contributed by atoms with Crippen LogP contribution in [0.3, 0.4) is 0 Å². The third kappa shape index (κ3) is 18.8. The van der Waals surface area contributed by atoms with Crippen molar-refractivity contribution in [2.45, 2.75) is 161 Å². The Hall–Kier alpha value is -0.120. The van der Waals surface area contributed by atoms with E-state index in [4.69, 9.17) is 14.2 Å². The maximum Gasteiger partial charge on any atom is 0.115 e. The highest BCUT2D eigenvalue weighted by atomic mass is 16.6. The Labute approximate surface area is 208 Å². The lowest BCUT2D eigenvalue weighted by molar-refractivity contribution is -0.108. The first kappa shape index (κ1) is 30.9. The third-order valence-electron chi connectivity index (χ3n) is 7.20. The molecule has 0 aromatic heterocycles. The number of unbranched alkanes of at least 4 members (excludes halogenated alkanes) is 18. The van der Waals surface area contributed by atoms with Crippen LogP contribution < -0.4 is 0 Å². The van der Waals surface area contributed by atoms with E-state index in [1.165, 1.54) is 128 Å². The molecule has 1 saturated heterocycles. The first-order chi connectivity index (χ1) is 16.3. The van der Waals surface area contributed by atoms with Gasteiger partial charge in [0.1, 0.15) is 5.60 Å². The van der Waals surface area contributed by atoms with Crippen molar-refractivity contribution in [3.63, 3.8) is 0 Å². The molecule has 1 fully saturated rings. The fraction of sp³-hybridized carbons (Fsp3) is 1.00. The number of hydrogen-bond donors (Lipinski definition) is 0. The Kier molecular flexibility index (Phi) is 22.1. The molecule has 0 bridgehead atoms. The van der Waals surface area contributed by atoms with Gasteiger partial charge in [-0.2, -0.15) is 0 Å². The Morgan fingerprint density at radius 3 is 1.21 bits per heavy atom. The minimum atomic E-state index is -0.170. The molecule has 1 rings (SSSR count). The lowest BCUT2D eigenvalue weighted by Gasteiger charge is -2.28. The SMILES string of the molecule is CCCCCCCCCCCCOCC1(COCCCCCCCCCCCC)CCCO1. The van der Waals surface area contributed by atoms with Crippen LogP contribution in [0.5, 0.6) is 0 Å². The Morgan fingerprint density at radius 2 is 0.879 bits per heavy atom. The highest BCUT2D eigenvalue weighted by molar-refractivity contribution is 4.85. The van der Waals surface area contributed by atoms with E-state index in [9.17, 15) is 0 Å². The smallest absolute Gasteiger partial charge is 0.115 e. The fourth-order valence-corrected chi connectivity index (χ4v) is 4.92. The second kappa shape index (κ2) is 23.6. The molecule has 0 aliphatic carbocycles. The van der Waals surface area contributed by atoms with E-state index >= 15 is 0 Å². The lowest BCUT2D eigenvalue weighted by Crippen LogP contribution is -2.39. The van der Waals surface area contributed by atoms with Gasteiger partial charge in [0, 0.05) is 19.8 Å². The molecule has 0 N–H and O–H groups in total. The van der Waals surface area contributed by atoms with E-state index in [1.54, 1.807) is 0 Å². The van der Waals surface area contributed by atoms with Gasteiger partial charge in [0.25, 0.3) is 0 Å². The Bertz CT molecular complexity index is 349. The van der Waals surface area contributed by atoms with Crippen molar-refractivity contribution in [3.05, 3.63) is 0 Å². The molecule has 3 nitrogen and oxygen atoms in total. The molecule has 33 heavy (non-hydrogen) atoms. The van der Waals surface area contributed by atoms with Crippen LogP contribution in [0.2, 0.25) is 0 Å². The van der Waals surface area contributed by atoms with Crippen LogP contribution in [0.1, 0.15) is 155 Å². The van der Waals surface area contributed by atoms with Gasteiger partial charge in [-0.05, 0) is 25.7 Å². The quantitative estimate of drug-likeness (QED) is 0.118. The summed E-state index contributed by atoms with van der Waals surface area (Å²) in [6.07, 6.45) is 29.6. The monoisotopic (exact) mass is 468 g/mol. The zero-order chi connectivity index (χ0) is 23.7. The summed E-state index contributed by atoms with van der Waals surface area (Å²) in [5.41, 5.74) is -0.170. The van der Waals surface area contributed by atoms with Crippen LogP contribution in [0.15, 0.2) is 0 Å². The van der Waals surface area contributed by atoms with Crippen molar-refractivity contribution in [2.75, 3.05) is 33.0 Å². The summed E-state index contributed by atoms with van der Waals surface area (Å²) in [6, 6.07) is 0. The summed E-state index contributed by atoms with van der Waals surface area (Å²) in [5.74, 6) is 0. The van der Waals surface area contributed by atoms with Gasteiger partial charge < -0.3 is 14.2 Å². The molecule has 0 spiro atoms. The summed E-state index contributed by atoms with van der Waals surface area (Å²) in [5, 5.41) is 0. The zero-order valence-electron chi connectivity index (χ0n) is 22.8. The highest BCUT2D eigenvalue weighted by Gasteiger charge is 2.35. The largest absolute Gasteiger partial charge is 0.378 e. The van der Waals surface area contributed by atoms with E-state index in [0.29, 0.717) is 13.2 Å². The zero-order valence-corrected chi connectivity index (χ0v) is 22.8. The number of rotatable bonds is 26. The standard InChI is InChI=1S/C30H60O3/c1-3-5-7-9-11-13-15-17-19-21-25-31-28-30(24-23-27-33-30)29-32-26-22-20-18-16-14-12-10-8-6-4-2/h3-29H2,1-2H3. The van der Waals surface area contributed by atoms with Crippen molar-refractivity contribution >= 4 is 0 Å². The lowest BCUT2D eigenvalue weighted by atomic mass is 10.0. The molecule has 0 unspecified atom stereocenters. The van der Waals surface area contributed by atoms with Crippen LogP contribution in [0.4, 0.5) is 0 Å². The number of hydrogen-bond acceptors (Lipinski definition) is 3. The van der Waals surface area contributed by atoms with Gasteiger partial charge in [0.05, 0.1) is 13.2 Å². The van der Waals surface area contributed by atoms with Crippen LogP contribution in [-0.4, -0.2) is 38.6 Å². The Morgan fingerprint density at radius 1 is 0.515 bits per heavy atom. The summed E-state index contributed by atoms with van der Waals surface area (Å²) < 4.78 is 18.2. The van der Waals surface area contributed by atoms with Crippen LogP contribution in [0, 0.1) is 0 Å². The molecule has 0 aromatic carbocycles. The van der Waals surface area contributed by atoms with Gasteiger partial charge in [-0.3, -0.25) is 0 Å². The van der Waals surface area contributed by atoms with Crippen molar-refractivity contribution < 1.29 is 14.2 Å². The van der Waals surface area contributed by atoms with Crippen molar-refractivity contribution in [3.8, 4) is 0 Å². The summed E-state index contributed by atoms with van der Waals surface area (Å²) >= 11 is 0. The predicted octanol–water partition coefficient (Wildman–Crippen LogP) is 9.41. The van der Waals surface area contributed by atoms with E-state index in [-0.39, 0.29) is 5.60 Å². The number of ether oxygens (including phenoxy) is 3. The first-order valence-electron chi connectivity index (χ1n) is 15.1. The van der Waals surface area contributed by atoms with E-state index in [2.05, 4.69) is 13.8 Å². The summed E-state index contributed by atoms with van der Waals surface area (Å²) in [4.78, 5) is 0. The van der Waals surface area contributed by atoms with Crippen molar-refractivity contribution in [2.24, 2.45) is 0 Å². The molecule has 1 heterocycles. The first-order valence-corrected chi connectivity index (χ1v) is 15.1. The van der Waals surface area contributed by atoms with Gasteiger partial charge >= 0.3 is 0 Å². The minimum Gasteiger partial charge on any atom is -0.378 e. The van der Waals surface area contributed by atoms with Crippen LogP contribution >= 0.6 is 0 Å². The van der Waals surface area contributed by atoms with E-state index in [0.717, 1.165) is 32.7 Å². The minimum absolute atomic E-state index is 0.170.